The van der Waals surface area contributed by atoms with Crippen LogP contribution in [0, 0.1) is 5.41 Å². The lowest BCUT2D eigenvalue weighted by atomic mass is 9.72. The van der Waals surface area contributed by atoms with Crippen LogP contribution in [0.4, 0.5) is 0 Å². The van der Waals surface area contributed by atoms with Crippen LogP contribution in [0.15, 0.2) is 0 Å². The molecule has 3 N–H and O–H groups in total. The van der Waals surface area contributed by atoms with Crippen LogP contribution < -0.4 is 5.73 Å². The second kappa shape index (κ2) is 6.17. The third-order valence-corrected chi connectivity index (χ3v) is 4.45. The summed E-state index contributed by atoms with van der Waals surface area (Å²) in [4.78, 5) is 0. The first-order chi connectivity index (χ1) is 7.96. The maximum absolute atomic E-state index is 10.6. The van der Waals surface area contributed by atoms with Crippen LogP contribution in [-0.4, -0.2) is 30.5 Å². The van der Waals surface area contributed by atoms with Gasteiger partial charge < -0.3 is 15.6 Å². The van der Waals surface area contributed by atoms with Crippen LogP contribution in [0.5, 0.6) is 0 Å². The minimum Gasteiger partial charge on any atom is -0.392 e. The summed E-state index contributed by atoms with van der Waals surface area (Å²) >= 11 is 0. The van der Waals surface area contributed by atoms with Crippen molar-refractivity contribution in [3.8, 4) is 0 Å². The van der Waals surface area contributed by atoms with Crippen molar-refractivity contribution in [3.63, 3.8) is 0 Å². The van der Waals surface area contributed by atoms with E-state index in [0.717, 1.165) is 12.8 Å². The lowest BCUT2D eigenvalue weighted by molar-refractivity contribution is -0.0642. The van der Waals surface area contributed by atoms with E-state index in [1.807, 2.05) is 13.8 Å². The van der Waals surface area contributed by atoms with E-state index in [4.69, 9.17) is 10.5 Å². The van der Waals surface area contributed by atoms with Crippen molar-refractivity contribution in [1.82, 2.24) is 0 Å². The SMILES string of the molecule is COC(C)(C)CC(O)C1(CN)CCCCCC1. The minimum absolute atomic E-state index is 0.0771. The van der Waals surface area contributed by atoms with Gasteiger partial charge in [-0.2, -0.15) is 0 Å². The molecule has 1 aliphatic carbocycles. The average molecular weight is 243 g/mol. The zero-order valence-corrected chi connectivity index (χ0v) is 11.7. The van der Waals surface area contributed by atoms with Gasteiger partial charge in [0.2, 0.25) is 0 Å². The maximum Gasteiger partial charge on any atom is 0.0647 e. The summed E-state index contributed by atoms with van der Waals surface area (Å²) < 4.78 is 5.42. The second-order valence-electron chi connectivity index (χ2n) is 6.16. The van der Waals surface area contributed by atoms with Crippen molar-refractivity contribution in [1.29, 1.82) is 0 Å². The van der Waals surface area contributed by atoms with Crippen LogP contribution in [0.1, 0.15) is 58.8 Å². The molecular weight excluding hydrogens is 214 g/mol. The molecule has 1 aliphatic rings. The van der Waals surface area contributed by atoms with Gasteiger partial charge in [0.05, 0.1) is 11.7 Å². The van der Waals surface area contributed by atoms with E-state index in [0.29, 0.717) is 13.0 Å². The average Bonchev–Trinajstić information content (AvgIpc) is 2.54. The van der Waals surface area contributed by atoms with E-state index in [1.54, 1.807) is 7.11 Å². The van der Waals surface area contributed by atoms with Gasteiger partial charge in [0, 0.05) is 25.5 Å². The summed E-state index contributed by atoms with van der Waals surface area (Å²) in [5, 5.41) is 10.6. The monoisotopic (exact) mass is 243 g/mol. The number of rotatable bonds is 5. The van der Waals surface area contributed by atoms with Gasteiger partial charge in [-0.05, 0) is 26.7 Å². The highest BCUT2D eigenvalue weighted by atomic mass is 16.5. The van der Waals surface area contributed by atoms with Crippen LogP contribution in [0.2, 0.25) is 0 Å². The molecule has 1 rings (SSSR count). The summed E-state index contributed by atoms with van der Waals surface area (Å²) in [5.74, 6) is 0. The summed E-state index contributed by atoms with van der Waals surface area (Å²) in [6.45, 7) is 4.64. The molecule has 102 valence electrons. The van der Waals surface area contributed by atoms with E-state index in [-0.39, 0.29) is 17.1 Å². The van der Waals surface area contributed by atoms with Gasteiger partial charge in [-0.25, -0.2) is 0 Å². The Kier molecular flexibility index (Phi) is 5.42. The highest BCUT2D eigenvalue weighted by molar-refractivity contribution is 4.92. The second-order valence-corrected chi connectivity index (χ2v) is 6.16. The van der Waals surface area contributed by atoms with Crippen molar-refractivity contribution in [2.45, 2.75) is 70.5 Å². The lowest BCUT2D eigenvalue weighted by Crippen LogP contribution is -2.45. The molecule has 1 unspecified atom stereocenters. The largest absolute Gasteiger partial charge is 0.392 e. The molecule has 3 nitrogen and oxygen atoms in total. The first-order valence-corrected chi connectivity index (χ1v) is 6.89. The molecule has 1 saturated carbocycles. The first-order valence-electron chi connectivity index (χ1n) is 6.89. The molecule has 0 radical (unpaired) electrons. The highest BCUT2D eigenvalue weighted by Crippen LogP contribution is 2.40. The van der Waals surface area contributed by atoms with E-state index >= 15 is 0 Å². The summed E-state index contributed by atoms with van der Waals surface area (Å²) in [6, 6.07) is 0. The zero-order valence-electron chi connectivity index (χ0n) is 11.7. The van der Waals surface area contributed by atoms with E-state index in [1.165, 1.54) is 25.7 Å². The van der Waals surface area contributed by atoms with Gasteiger partial charge in [0.1, 0.15) is 0 Å². The van der Waals surface area contributed by atoms with Crippen LogP contribution in [-0.2, 0) is 4.74 Å². The van der Waals surface area contributed by atoms with Gasteiger partial charge in [-0.15, -0.1) is 0 Å². The molecule has 17 heavy (non-hydrogen) atoms. The Morgan fingerprint density at radius 3 is 2.18 bits per heavy atom. The fraction of sp³-hybridized carbons (Fsp3) is 1.00. The van der Waals surface area contributed by atoms with Gasteiger partial charge in [-0.3, -0.25) is 0 Å². The fourth-order valence-electron chi connectivity index (χ4n) is 2.87. The Morgan fingerprint density at radius 2 is 1.76 bits per heavy atom. The molecule has 0 aromatic rings. The quantitative estimate of drug-likeness (QED) is 0.729. The van der Waals surface area contributed by atoms with Crippen molar-refractivity contribution in [2.24, 2.45) is 11.1 Å². The van der Waals surface area contributed by atoms with Gasteiger partial charge >= 0.3 is 0 Å². The number of hydrogen-bond acceptors (Lipinski definition) is 3. The predicted octanol–water partition coefficient (Wildman–Crippen LogP) is 2.46. The fourth-order valence-corrected chi connectivity index (χ4v) is 2.87. The Morgan fingerprint density at radius 1 is 1.24 bits per heavy atom. The van der Waals surface area contributed by atoms with Crippen molar-refractivity contribution < 1.29 is 9.84 Å². The van der Waals surface area contributed by atoms with Crippen molar-refractivity contribution in [2.75, 3.05) is 13.7 Å². The third kappa shape index (κ3) is 3.94. The molecule has 1 atom stereocenters. The minimum atomic E-state index is -0.347. The number of aliphatic hydroxyl groups excluding tert-OH is 1. The molecule has 0 aromatic heterocycles. The summed E-state index contributed by atoms with van der Waals surface area (Å²) in [5.41, 5.74) is 5.62. The molecule has 0 spiro atoms. The molecule has 3 heteroatoms. The number of methoxy groups -OCH3 is 1. The smallest absolute Gasteiger partial charge is 0.0647 e. The van der Waals surface area contributed by atoms with E-state index < -0.39 is 0 Å². The lowest BCUT2D eigenvalue weighted by Gasteiger charge is -2.39. The maximum atomic E-state index is 10.6. The Hall–Kier alpha value is -0.120. The number of ether oxygens (including phenoxy) is 1. The van der Waals surface area contributed by atoms with E-state index in [9.17, 15) is 5.11 Å². The molecule has 0 aromatic carbocycles. The normalized spacial score (nSPS) is 23.1. The molecule has 0 bridgehead atoms. The molecule has 0 saturated heterocycles. The zero-order chi connectivity index (χ0) is 12.9. The van der Waals surface area contributed by atoms with Gasteiger partial charge in [-0.1, -0.05) is 25.7 Å². The molecule has 1 fully saturated rings. The van der Waals surface area contributed by atoms with Gasteiger partial charge in [0.25, 0.3) is 0 Å². The van der Waals surface area contributed by atoms with Crippen LogP contribution >= 0.6 is 0 Å². The highest BCUT2D eigenvalue weighted by Gasteiger charge is 2.39. The summed E-state index contributed by atoms with van der Waals surface area (Å²) in [7, 11) is 1.70. The number of hydrogen-bond donors (Lipinski definition) is 2. The molecular formula is C14H29NO2. The van der Waals surface area contributed by atoms with Crippen molar-refractivity contribution >= 4 is 0 Å². The van der Waals surface area contributed by atoms with Crippen molar-refractivity contribution in [3.05, 3.63) is 0 Å². The molecule has 0 aliphatic heterocycles. The Bertz CT molecular complexity index is 220. The number of nitrogens with two attached hydrogens (primary N) is 1. The molecule has 0 amide bonds. The third-order valence-electron chi connectivity index (χ3n) is 4.45. The summed E-state index contributed by atoms with van der Waals surface area (Å²) in [6.07, 6.45) is 7.39. The van der Waals surface area contributed by atoms with Crippen LogP contribution in [0.3, 0.4) is 0 Å². The predicted molar refractivity (Wildman–Crippen MR) is 70.9 cm³/mol. The first kappa shape index (κ1) is 14.9. The topological polar surface area (TPSA) is 55.5 Å². The van der Waals surface area contributed by atoms with Gasteiger partial charge in [0.15, 0.2) is 0 Å². The Labute approximate surface area is 106 Å². The Balaban J connectivity index is 2.70. The van der Waals surface area contributed by atoms with E-state index in [2.05, 4.69) is 0 Å². The number of aliphatic hydroxyl groups is 1. The standard InChI is InChI=1S/C14H29NO2/c1-13(2,17-3)10-12(16)14(11-15)8-6-4-5-7-9-14/h12,16H,4-11,15H2,1-3H3. The molecule has 0 heterocycles. The van der Waals surface area contributed by atoms with Crippen LogP contribution in [0.25, 0.3) is 0 Å².